The summed E-state index contributed by atoms with van der Waals surface area (Å²) >= 11 is 0. The number of allylic oxidation sites excluding steroid dienone is 2. The van der Waals surface area contributed by atoms with E-state index in [1.54, 1.807) is 0 Å². The lowest BCUT2D eigenvalue weighted by molar-refractivity contribution is -0.141. The Morgan fingerprint density at radius 3 is 2.31 bits per heavy atom. The Morgan fingerprint density at radius 2 is 1.81 bits per heavy atom. The summed E-state index contributed by atoms with van der Waals surface area (Å²) in [5, 5.41) is 0. The maximum atomic E-state index is 10.9. The molecule has 2 nitrogen and oxygen atoms in total. The van der Waals surface area contributed by atoms with Crippen molar-refractivity contribution in [2.75, 3.05) is 6.61 Å². The zero-order valence-corrected chi connectivity index (χ0v) is 10.00. The van der Waals surface area contributed by atoms with Crippen LogP contribution in [-0.4, -0.2) is 12.6 Å². The summed E-state index contributed by atoms with van der Waals surface area (Å²) in [6, 6.07) is 0. The molecule has 0 spiro atoms. The van der Waals surface area contributed by atoms with Gasteiger partial charge in [-0.25, -0.2) is 0 Å². The first-order chi connectivity index (χ1) is 7.71. The Morgan fingerprint density at radius 1 is 1.25 bits per heavy atom. The van der Waals surface area contributed by atoms with Gasteiger partial charge in [-0.1, -0.05) is 25.0 Å². The highest BCUT2D eigenvalue weighted by molar-refractivity contribution is 5.66. The monoisotopic (exact) mass is 220 g/mol. The van der Waals surface area contributed by atoms with Crippen LogP contribution in [-0.2, 0) is 9.53 Å². The molecule has 2 heteroatoms. The molecule has 0 heterocycles. The van der Waals surface area contributed by atoms with Gasteiger partial charge in [0.25, 0.3) is 0 Å². The van der Waals surface area contributed by atoms with E-state index in [9.17, 15) is 4.79 Å². The van der Waals surface area contributed by atoms with Crippen molar-refractivity contribution in [2.45, 2.75) is 45.4 Å². The molecule has 0 radical (unpaired) electrons. The van der Waals surface area contributed by atoms with Crippen molar-refractivity contribution < 1.29 is 9.53 Å². The third-order valence-electron chi connectivity index (χ3n) is 5.32. The van der Waals surface area contributed by atoms with Gasteiger partial charge in [-0.3, -0.25) is 4.79 Å². The van der Waals surface area contributed by atoms with E-state index < -0.39 is 0 Å². The van der Waals surface area contributed by atoms with Crippen LogP contribution >= 0.6 is 0 Å². The Labute approximate surface area is 97.1 Å². The third kappa shape index (κ3) is 1.16. The molecule has 0 N–H and O–H groups in total. The summed E-state index contributed by atoms with van der Waals surface area (Å²) in [6.07, 6.45) is 12.6. The number of ether oxygens (including phenoxy) is 1. The zero-order chi connectivity index (χ0) is 11.2. The first-order valence-electron chi connectivity index (χ1n) is 6.50. The van der Waals surface area contributed by atoms with E-state index >= 15 is 0 Å². The number of esters is 1. The minimum atomic E-state index is -0.124. The summed E-state index contributed by atoms with van der Waals surface area (Å²) in [4.78, 5) is 10.9. The highest BCUT2D eigenvalue weighted by Crippen LogP contribution is 2.80. The van der Waals surface area contributed by atoms with Gasteiger partial charge >= 0.3 is 5.97 Å². The predicted molar refractivity (Wildman–Crippen MR) is 61.8 cm³/mol. The SMILES string of the molecule is CC(=O)OCC1[C@@]23CC=CC[C@@]12CCCC3. The minimum Gasteiger partial charge on any atom is -0.466 e. The van der Waals surface area contributed by atoms with Crippen molar-refractivity contribution in [3.63, 3.8) is 0 Å². The average Bonchev–Trinajstić information content (AvgIpc) is 2.89. The molecule has 0 bridgehead atoms. The summed E-state index contributed by atoms with van der Waals surface area (Å²) in [5.74, 6) is 0.516. The van der Waals surface area contributed by atoms with Crippen molar-refractivity contribution in [2.24, 2.45) is 16.7 Å². The fourth-order valence-electron chi connectivity index (χ4n) is 4.57. The topological polar surface area (TPSA) is 26.3 Å². The van der Waals surface area contributed by atoms with E-state index in [2.05, 4.69) is 12.2 Å². The van der Waals surface area contributed by atoms with Crippen molar-refractivity contribution in [3.8, 4) is 0 Å². The molecule has 3 aliphatic carbocycles. The fraction of sp³-hybridized carbons (Fsp3) is 0.786. The van der Waals surface area contributed by atoms with Crippen LogP contribution in [0.3, 0.4) is 0 Å². The molecule has 3 atom stereocenters. The third-order valence-corrected chi connectivity index (χ3v) is 5.32. The van der Waals surface area contributed by atoms with Crippen molar-refractivity contribution >= 4 is 5.97 Å². The number of hydrogen-bond donors (Lipinski definition) is 0. The second-order valence-electron chi connectivity index (χ2n) is 5.75. The quantitative estimate of drug-likeness (QED) is 0.528. The maximum Gasteiger partial charge on any atom is 0.302 e. The van der Waals surface area contributed by atoms with E-state index in [4.69, 9.17) is 4.74 Å². The Bertz CT molecular complexity index is 323. The van der Waals surface area contributed by atoms with Crippen LogP contribution in [0, 0.1) is 16.7 Å². The maximum absolute atomic E-state index is 10.9. The van der Waals surface area contributed by atoms with Crippen LogP contribution in [0.5, 0.6) is 0 Å². The lowest BCUT2D eigenvalue weighted by atomic mass is 9.73. The van der Waals surface area contributed by atoms with E-state index in [1.165, 1.54) is 45.4 Å². The molecule has 3 rings (SSSR count). The molecule has 1 unspecified atom stereocenters. The molecule has 0 aromatic heterocycles. The average molecular weight is 220 g/mol. The molecular weight excluding hydrogens is 200 g/mol. The van der Waals surface area contributed by atoms with E-state index in [0.29, 0.717) is 23.4 Å². The molecule has 16 heavy (non-hydrogen) atoms. The van der Waals surface area contributed by atoms with Crippen molar-refractivity contribution in [1.29, 1.82) is 0 Å². The lowest BCUT2D eigenvalue weighted by Gasteiger charge is -2.31. The van der Waals surface area contributed by atoms with Gasteiger partial charge in [-0.15, -0.1) is 0 Å². The zero-order valence-electron chi connectivity index (χ0n) is 10.00. The molecular formula is C14H20O2. The largest absolute Gasteiger partial charge is 0.466 e. The first kappa shape index (κ1) is 10.4. The second-order valence-corrected chi connectivity index (χ2v) is 5.75. The Kier molecular flexibility index (Phi) is 2.17. The molecule has 0 saturated heterocycles. The van der Waals surface area contributed by atoms with Crippen molar-refractivity contribution in [3.05, 3.63) is 12.2 Å². The van der Waals surface area contributed by atoms with Gasteiger partial charge < -0.3 is 4.74 Å². The Balaban J connectivity index is 1.78. The molecule has 2 saturated carbocycles. The van der Waals surface area contributed by atoms with Gasteiger partial charge in [0.15, 0.2) is 0 Å². The normalized spacial score (nSPS) is 44.4. The number of carbonyl (C=O) groups is 1. The summed E-state index contributed by atoms with van der Waals surface area (Å²) in [5.41, 5.74) is 1.02. The van der Waals surface area contributed by atoms with Crippen LogP contribution in [0.25, 0.3) is 0 Å². The Hall–Kier alpha value is -0.790. The second kappa shape index (κ2) is 3.35. The van der Waals surface area contributed by atoms with Crippen LogP contribution in [0.15, 0.2) is 12.2 Å². The van der Waals surface area contributed by atoms with Crippen LogP contribution in [0.1, 0.15) is 45.4 Å². The smallest absolute Gasteiger partial charge is 0.302 e. The highest BCUT2D eigenvalue weighted by Gasteiger charge is 2.75. The summed E-state index contributed by atoms with van der Waals surface area (Å²) in [6.45, 7) is 2.18. The van der Waals surface area contributed by atoms with Crippen molar-refractivity contribution in [1.82, 2.24) is 0 Å². The standard InChI is InChI=1S/C14H20O2/c1-11(15)16-10-12-13-6-2-3-7-14(12,13)9-5-4-8-13/h2-3,12H,4-10H2,1H3/t12?,13-,14+. The fourth-order valence-corrected chi connectivity index (χ4v) is 4.57. The van der Waals surface area contributed by atoms with Gasteiger partial charge in [0.1, 0.15) is 0 Å². The lowest BCUT2D eigenvalue weighted by Crippen LogP contribution is -2.20. The van der Waals surface area contributed by atoms with Gasteiger partial charge in [0.05, 0.1) is 6.61 Å². The molecule has 3 aliphatic rings. The first-order valence-corrected chi connectivity index (χ1v) is 6.50. The molecule has 0 amide bonds. The molecule has 88 valence electrons. The summed E-state index contributed by atoms with van der Waals surface area (Å²) in [7, 11) is 0. The number of hydrogen-bond acceptors (Lipinski definition) is 2. The van der Waals surface area contributed by atoms with Gasteiger partial charge in [-0.2, -0.15) is 0 Å². The molecule has 0 aliphatic heterocycles. The molecule has 2 fully saturated rings. The van der Waals surface area contributed by atoms with E-state index in [-0.39, 0.29) is 5.97 Å². The van der Waals surface area contributed by atoms with Gasteiger partial charge in [-0.05, 0) is 36.5 Å². The van der Waals surface area contributed by atoms with Crippen LogP contribution in [0.4, 0.5) is 0 Å². The van der Waals surface area contributed by atoms with Crippen LogP contribution in [0.2, 0.25) is 0 Å². The number of carbonyl (C=O) groups excluding carboxylic acids is 1. The van der Waals surface area contributed by atoms with Gasteiger partial charge in [0.2, 0.25) is 0 Å². The number of rotatable bonds is 2. The predicted octanol–water partition coefficient (Wildman–Crippen LogP) is 3.08. The van der Waals surface area contributed by atoms with Crippen LogP contribution < -0.4 is 0 Å². The van der Waals surface area contributed by atoms with Gasteiger partial charge in [0, 0.05) is 12.8 Å². The van der Waals surface area contributed by atoms with E-state index in [0.717, 1.165) is 0 Å². The highest BCUT2D eigenvalue weighted by atomic mass is 16.5. The molecule has 0 aromatic carbocycles. The van der Waals surface area contributed by atoms with E-state index in [1.807, 2.05) is 0 Å². The molecule has 0 aromatic rings. The minimum absolute atomic E-state index is 0.124. The summed E-state index contributed by atoms with van der Waals surface area (Å²) < 4.78 is 5.27.